The van der Waals surface area contributed by atoms with Crippen LogP contribution in [0.5, 0.6) is 0 Å². The summed E-state index contributed by atoms with van der Waals surface area (Å²) in [6.45, 7) is 6.12. The predicted molar refractivity (Wildman–Crippen MR) is 132 cm³/mol. The number of rotatable bonds is 5. The van der Waals surface area contributed by atoms with Gasteiger partial charge in [0.05, 0.1) is 19.8 Å². The van der Waals surface area contributed by atoms with Gasteiger partial charge in [-0.1, -0.05) is 36.4 Å². The number of halogens is 1. The second kappa shape index (κ2) is 9.35. The zero-order valence-electron chi connectivity index (χ0n) is 18.2. The lowest BCUT2D eigenvalue weighted by molar-refractivity contribution is 0.0393. The van der Waals surface area contributed by atoms with Gasteiger partial charge in [0.2, 0.25) is 5.95 Å². The van der Waals surface area contributed by atoms with Gasteiger partial charge in [0, 0.05) is 37.6 Å². The van der Waals surface area contributed by atoms with Gasteiger partial charge in [-0.05, 0) is 23.8 Å². The van der Waals surface area contributed by atoms with E-state index in [1.807, 2.05) is 30.3 Å². The third kappa shape index (κ3) is 4.13. The molecule has 1 N–H and O–H groups in total. The molecule has 6 rings (SSSR count). The number of hydrogen-bond donors (Lipinski definition) is 1. The highest BCUT2D eigenvalue weighted by atomic mass is 35.5. The molecule has 2 aromatic carbocycles. The second-order valence-electron chi connectivity index (χ2n) is 8.12. The zero-order chi connectivity index (χ0) is 21.3. The molecule has 2 aliphatic rings. The molecule has 4 heterocycles. The molecule has 0 saturated carbocycles. The number of ether oxygens (including phenoxy) is 1. The zero-order valence-corrected chi connectivity index (χ0v) is 19.0. The number of nitrogens with zero attached hydrogens (tertiary/aromatic N) is 6. The minimum absolute atomic E-state index is 0. The van der Waals surface area contributed by atoms with E-state index in [2.05, 4.69) is 53.9 Å². The van der Waals surface area contributed by atoms with Crippen LogP contribution in [0.1, 0.15) is 5.56 Å². The second-order valence-corrected chi connectivity index (χ2v) is 8.12. The van der Waals surface area contributed by atoms with Crippen molar-refractivity contribution in [3.05, 3.63) is 66.5 Å². The summed E-state index contributed by atoms with van der Waals surface area (Å²) in [5.74, 6) is 1.64. The topological polar surface area (TPSA) is 71.3 Å². The van der Waals surface area contributed by atoms with Crippen LogP contribution >= 0.6 is 12.4 Å². The maximum atomic E-state index is 5.51. The molecule has 2 aliphatic heterocycles. The maximum Gasteiger partial charge on any atom is 0.212 e. The summed E-state index contributed by atoms with van der Waals surface area (Å²) in [5, 5.41) is 3.41. The van der Waals surface area contributed by atoms with Gasteiger partial charge in [0.1, 0.15) is 6.33 Å². The van der Waals surface area contributed by atoms with Crippen molar-refractivity contribution in [2.24, 2.45) is 0 Å². The number of morpholine rings is 1. The summed E-state index contributed by atoms with van der Waals surface area (Å²) in [6, 6.07) is 18.6. The van der Waals surface area contributed by atoms with Gasteiger partial charge >= 0.3 is 0 Å². The fourth-order valence-corrected chi connectivity index (χ4v) is 4.50. The molecule has 0 atom stereocenters. The van der Waals surface area contributed by atoms with E-state index in [9.17, 15) is 0 Å². The van der Waals surface area contributed by atoms with Gasteiger partial charge in [0.25, 0.3) is 0 Å². The molecule has 0 radical (unpaired) electrons. The maximum absolute atomic E-state index is 5.51. The average molecular weight is 464 g/mol. The smallest absolute Gasteiger partial charge is 0.212 e. The summed E-state index contributed by atoms with van der Waals surface area (Å²) in [5.41, 5.74) is 5.10. The summed E-state index contributed by atoms with van der Waals surface area (Å²) in [4.78, 5) is 18.9. The van der Waals surface area contributed by atoms with E-state index in [1.165, 1.54) is 11.3 Å². The van der Waals surface area contributed by atoms with E-state index < -0.39 is 0 Å². The number of anilines is 4. The van der Waals surface area contributed by atoms with Crippen LogP contribution in [0.25, 0.3) is 11.2 Å². The van der Waals surface area contributed by atoms with Gasteiger partial charge in [-0.2, -0.15) is 0 Å². The number of hydrogen-bond acceptors (Lipinski definition) is 7. The molecule has 0 amide bonds. The molecular formula is C24H26ClN7O. The van der Waals surface area contributed by atoms with Crippen molar-refractivity contribution >= 4 is 46.7 Å². The van der Waals surface area contributed by atoms with E-state index >= 15 is 0 Å². The lowest BCUT2D eigenvalue weighted by Gasteiger charge is -2.34. The van der Waals surface area contributed by atoms with Gasteiger partial charge in [-0.15, -0.1) is 12.4 Å². The molecule has 0 aliphatic carbocycles. The highest BCUT2D eigenvalue weighted by Crippen LogP contribution is 2.37. The number of imidazole rings is 1. The molecule has 1 saturated heterocycles. The van der Waals surface area contributed by atoms with Crippen LogP contribution in [0.2, 0.25) is 0 Å². The Hall–Kier alpha value is -3.20. The predicted octanol–water partition coefficient (Wildman–Crippen LogP) is 3.82. The van der Waals surface area contributed by atoms with Crippen molar-refractivity contribution in [2.45, 2.75) is 6.54 Å². The quantitative estimate of drug-likeness (QED) is 0.482. The Bertz CT molecular complexity index is 1240. The number of nitrogens with one attached hydrogen (secondary N) is 1. The SMILES string of the molecule is Cl.c1ccc(Nc2ncnc3c2nc2n3Cc3ccccc3N2CCN2CCOCC2)cc1. The number of fused-ring (bicyclic) bond motifs is 4. The minimum Gasteiger partial charge on any atom is -0.379 e. The number of benzene rings is 2. The van der Waals surface area contributed by atoms with E-state index in [-0.39, 0.29) is 12.4 Å². The van der Waals surface area contributed by atoms with Crippen molar-refractivity contribution < 1.29 is 4.74 Å². The monoisotopic (exact) mass is 463 g/mol. The number of aromatic nitrogens is 4. The molecule has 0 bridgehead atoms. The van der Waals surface area contributed by atoms with E-state index in [0.29, 0.717) is 0 Å². The highest BCUT2D eigenvalue weighted by Gasteiger charge is 2.28. The first kappa shape index (κ1) is 21.6. The van der Waals surface area contributed by atoms with Gasteiger partial charge in [-0.25, -0.2) is 15.0 Å². The third-order valence-electron chi connectivity index (χ3n) is 6.14. The first-order valence-electron chi connectivity index (χ1n) is 11.1. The van der Waals surface area contributed by atoms with Crippen molar-refractivity contribution in [3.63, 3.8) is 0 Å². The van der Waals surface area contributed by atoms with Crippen LogP contribution < -0.4 is 10.2 Å². The summed E-state index contributed by atoms with van der Waals surface area (Å²) in [7, 11) is 0. The molecule has 8 nitrogen and oxygen atoms in total. The molecule has 0 unspecified atom stereocenters. The average Bonchev–Trinajstić information content (AvgIpc) is 3.22. The van der Waals surface area contributed by atoms with Gasteiger partial charge in [-0.3, -0.25) is 9.47 Å². The molecule has 1 fully saturated rings. The van der Waals surface area contributed by atoms with Crippen LogP contribution in [0.15, 0.2) is 60.9 Å². The van der Waals surface area contributed by atoms with Crippen LogP contribution in [0, 0.1) is 0 Å². The standard InChI is InChI=1S/C24H25N7O.ClH/c1-2-7-19(8-3-1)27-22-21-23(26-17-25-22)31-16-18-6-4-5-9-20(18)30(24(31)28-21)11-10-29-12-14-32-15-13-29;/h1-9,17H,10-16H2,(H,25,26,27);1H. The Labute approximate surface area is 198 Å². The van der Waals surface area contributed by atoms with Crippen LogP contribution in [-0.4, -0.2) is 63.8 Å². The molecule has 0 spiro atoms. The lowest BCUT2D eigenvalue weighted by atomic mass is 10.1. The Balaban J connectivity index is 0.00000228. The van der Waals surface area contributed by atoms with E-state index in [1.54, 1.807) is 6.33 Å². The molecule has 2 aromatic heterocycles. The first-order chi connectivity index (χ1) is 15.9. The third-order valence-corrected chi connectivity index (χ3v) is 6.14. The fraction of sp³-hybridized carbons (Fsp3) is 0.292. The van der Waals surface area contributed by atoms with Gasteiger partial charge in [0.15, 0.2) is 17.0 Å². The normalized spacial score (nSPS) is 15.6. The largest absolute Gasteiger partial charge is 0.379 e. The van der Waals surface area contributed by atoms with Crippen LogP contribution in [-0.2, 0) is 11.3 Å². The molecule has 4 aromatic rings. The summed E-state index contributed by atoms with van der Waals surface area (Å²) >= 11 is 0. The summed E-state index contributed by atoms with van der Waals surface area (Å²) < 4.78 is 7.72. The molecular weight excluding hydrogens is 438 g/mol. The minimum atomic E-state index is 0. The van der Waals surface area contributed by atoms with Crippen molar-refractivity contribution in [1.29, 1.82) is 0 Å². The Morgan fingerprint density at radius 2 is 1.70 bits per heavy atom. The van der Waals surface area contributed by atoms with Gasteiger partial charge < -0.3 is 15.0 Å². The van der Waals surface area contributed by atoms with Crippen LogP contribution in [0.3, 0.4) is 0 Å². The van der Waals surface area contributed by atoms with E-state index in [4.69, 9.17) is 9.72 Å². The number of para-hydroxylation sites is 2. The Morgan fingerprint density at radius 3 is 2.55 bits per heavy atom. The fourth-order valence-electron chi connectivity index (χ4n) is 4.50. The van der Waals surface area contributed by atoms with Crippen LogP contribution in [0.4, 0.5) is 23.1 Å². The lowest BCUT2D eigenvalue weighted by Crippen LogP contribution is -2.41. The van der Waals surface area contributed by atoms with Crippen molar-refractivity contribution in [2.75, 3.05) is 49.6 Å². The molecule has 170 valence electrons. The van der Waals surface area contributed by atoms with E-state index in [0.717, 1.165) is 74.6 Å². The highest BCUT2D eigenvalue weighted by molar-refractivity contribution is 5.89. The van der Waals surface area contributed by atoms with Crippen molar-refractivity contribution in [3.8, 4) is 0 Å². The molecule has 9 heteroatoms. The van der Waals surface area contributed by atoms with Crippen molar-refractivity contribution in [1.82, 2.24) is 24.4 Å². The Morgan fingerprint density at radius 1 is 0.909 bits per heavy atom. The Kier molecular flexibility index (Phi) is 6.13. The first-order valence-corrected chi connectivity index (χ1v) is 11.1. The molecule has 33 heavy (non-hydrogen) atoms. The summed E-state index contributed by atoms with van der Waals surface area (Å²) in [6.07, 6.45) is 1.61.